The predicted octanol–water partition coefficient (Wildman–Crippen LogP) is 8.22. The summed E-state index contributed by atoms with van der Waals surface area (Å²) in [5, 5.41) is 1.14. The summed E-state index contributed by atoms with van der Waals surface area (Å²) in [6, 6.07) is 45.7. The number of nitrogens with zero attached hydrogens (tertiary/aromatic N) is 5. The fourth-order valence-corrected chi connectivity index (χ4v) is 5.47. The van der Waals surface area contributed by atoms with E-state index < -0.39 is 0 Å². The van der Waals surface area contributed by atoms with Gasteiger partial charge in [-0.3, -0.25) is 8.97 Å². The Morgan fingerprint density at radius 1 is 0.500 bits per heavy atom. The van der Waals surface area contributed by atoms with Gasteiger partial charge in [-0.15, -0.1) is 0 Å². The minimum Gasteiger partial charge on any atom is -0.294 e. The number of hydrogen-bond acceptors (Lipinski definition) is 3. The Morgan fingerprint density at radius 3 is 1.82 bits per heavy atom. The van der Waals surface area contributed by atoms with Crippen molar-refractivity contribution in [2.75, 3.05) is 0 Å². The standard InChI is InChI=1S/C35H23N5/c1-3-11-24(12-4-1)29-23-30(25-13-5-2-6-14-25)37-34(36-29)26-18-20-27(21-19-26)40-31-16-8-7-15-28(31)33-35(40)39-22-10-9-17-32(39)38-33/h1-23H. The first-order valence-electron chi connectivity index (χ1n) is 13.3. The smallest absolute Gasteiger partial charge is 0.160 e. The topological polar surface area (TPSA) is 48.0 Å². The molecule has 0 spiro atoms. The molecule has 0 aliphatic rings. The molecule has 4 heterocycles. The van der Waals surface area contributed by atoms with Crippen molar-refractivity contribution in [3.63, 3.8) is 0 Å². The molecular weight excluding hydrogens is 490 g/mol. The highest BCUT2D eigenvalue weighted by Gasteiger charge is 2.18. The van der Waals surface area contributed by atoms with Crippen LogP contribution in [-0.4, -0.2) is 23.9 Å². The zero-order valence-corrected chi connectivity index (χ0v) is 21.5. The van der Waals surface area contributed by atoms with E-state index in [9.17, 15) is 0 Å². The van der Waals surface area contributed by atoms with Crippen molar-refractivity contribution >= 4 is 27.7 Å². The molecule has 0 atom stereocenters. The van der Waals surface area contributed by atoms with Crippen LogP contribution in [0.2, 0.25) is 0 Å². The highest BCUT2D eigenvalue weighted by atomic mass is 15.1. The number of hydrogen-bond donors (Lipinski definition) is 0. The van der Waals surface area contributed by atoms with Gasteiger partial charge in [0, 0.05) is 34.0 Å². The summed E-state index contributed by atoms with van der Waals surface area (Å²) in [5.74, 6) is 0.698. The molecule has 4 aromatic carbocycles. The number of rotatable bonds is 4. The number of para-hydroxylation sites is 1. The Balaban J connectivity index is 1.29. The van der Waals surface area contributed by atoms with E-state index in [1.807, 2.05) is 54.6 Å². The SMILES string of the molecule is c1ccc(-c2cc(-c3ccccc3)nc(-c3ccc(-n4c5ccccc5c5nc6ccccn6c54)cc3)n2)cc1. The lowest BCUT2D eigenvalue weighted by Gasteiger charge is -2.11. The van der Waals surface area contributed by atoms with Crippen molar-refractivity contribution in [2.24, 2.45) is 0 Å². The maximum absolute atomic E-state index is 4.99. The summed E-state index contributed by atoms with van der Waals surface area (Å²) in [4.78, 5) is 14.9. The first-order chi connectivity index (χ1) is 19.8. The van der Waals surface area contributed by atoms with Gasteiger partial charge in [0.15, 0.2) is 11.5 Å². The molecule has 40 heavy (non-hydrogen) atoms. The van der Waals surface area contributed by atoms with Gasteiger partial charge in [-0.05, 0) is 48.5 Å². The normalized spacial score (nSPS) is 11.5. The Morgan fingerprint density at radius 2 is 1.12 bits per heavy atom. The minimum absolute atomic E-state index is 0.698. The molecule has 0 radical (unpaired) electrons. The molecule has 0 N–H and O–H groups in total. The summed E-state index contributed by atoms with van der Waals surface area (Å²) in [5.41, 5.74) is 10.1. The summed E-state index contributed by atoms with van der Waals surface area (Å²) in [6.45, 7) is 0. The van der Waals surface area contributed by atoms with Crippen LogP contribution in [0.5, 0.6) is 0 Å². The van der Waals surface area contributed by atoms with Crippen molar-refractivity contribution in [1.29, 1.82) is 0 Å². The second-order valence-electron chi connectivity index (χ2n) is 9.81. The molecule has 4 aromatic heterocycles. The van der Waals surface area contributed by atoms with Crippen molar-refractivity contribution in [1.82, 2.24) is 23.9 Å². The molecule has 0 aliphatic carbocycles. The second-order valence-corrected chi connectivity index (χ2v) is 9.81. The highest BCUT2D eigenvalue weighted by Crippen LogP contribution is 2.33. The second kappa shape index (κ2) is 9.03. The van der Waals surface area contributed by atoms with Crippen molar-refractivity contribution in [3.05, 3.63) is 140 Å². The van der Waals surface area contributed by atoms with Crippen LogP contribution < -0.4 is 0 Å². The fourth-order valence-electron chi connectivity index (χ4n) is 5.47. The van der Waals surface area contributed by atoms with Crippen LogP contribution in [0.25, 0.3) is 67.3 Å². The highest BCUT2D eigenvalue weighted by molar-refractivity contribution is 6.07. The molecule has 8 rings (SSSR count). The summed E-state index contributed by atoms with van der Waals surface area (Å²) >= 11 is 0. The lowest BCUT2D eigenvalue weighted by atomic mass is 10.1. The third-order valence-electron chi connectivity index (χ3n) is 7.37. The number of imidazole rings is 1. The van der Waals surface area contributed by atoms with Gasteiger partial charge in [0.25, 0.3) is 0 Å². The molecule has 0 amide bonds. The van der Waals surface area contributed by atoms with Crippen LogP contribution in [0, 0.1) is 0 Å². The molecular formula is C35H23N5. The largest absolute Gasteiger partial charge is 0.294 e. The Bertz CT molecular complexity index is 2080. The van der Waals surface area contributed by atoms with Crippen LogP contribution in [-0.2, 0) is 0 Å². The van der Waals surface area contributed by atoms with E-state index >= 15 is 0 Å². The van der Waals surface area contributed by atoms with E-state index in [1.165, 1.54) is 0 Å². The fraction of sp³-hybridized carbons (Fsp3) is 0. The minimum atomic E-state index is 0.698. The first kappa shape index (κ1) is 22.4. The van der Waals surface area contributed by atoms with Gasteiger partial charge in [0.2, 0.25) is 0 Å². The van der Waals surface area contributed by atoms with Crippen molar-refractivity contribution < 1.29 is 0 Å². The molecule has 188 valence electrons. The van der Waals surface area contributed by atoms with E-state index in [0.29, 0.717) is 5.82 Å². The van der Waals surface area contributed by atoms with Gasteiger partial charge in [0.05, 0.1) is 16.9 Å². The number of fused-ring (bicyclic) bond motifs is 5. The molecule has 0 unspecified atom stereocenters. The maximum atomic E-state index is 4.99. The average Bonchev–Trinajstić information content (AvgIpc) is 3.57. The third kappa shape index (κ3) is 3.60. The predicted molar refractivity (Wildman–Crippen MR) is 161 cm³/mol. The van der Waals surface area contributed by atoms with Gasteiger partial charge < -0.3 is 0 Å². The number of benzene rings is 4. The molecule has 0 saturated carbocycles. The number of aromatic nitrogens is 5. The van der Waals surface area contributed by atoms with E-state index in [2.05, 4.69) is 94.0 Å². The van der Waals surface area contributed by atoms with E-state index in [1.54, 1.807) is 0 Å². The van der Waals surface area contributed by atoms with E-state index in [-0.39, 0.29) is 0 Å². The summed E-state index contributed by atoms with van der Waals surface area (Å²) < 4.78 is 4.44. The van der Waals surface area contributed by atoms with Crippen LogP contribution in [0.15, 0.2) is 140 Å². The van der Waals surface area contributed by atoms with Crippen LogP contribution in [0.1, 0.15) is 0 Å². The Kier molecular flexibility index (Phi) is 5.07. The molecule has 0 fully saturated rings. The van der Waals surface area contributed by atoms with Crippen LogP contribution in [0.4, 0.5) is 0 Å². The molecule has 5 nitrogen and oxygen atoms in total. The third-order valence-corrected chi connectivity index (χ3v) is 7.37. The van der Waals surface area contributed by atoms with Crippen LogP contribution in [0.3, 0.4) is 0 Å². The monoisotopic (exact) mass is 513 g/mol. The quantitative estimate of drug-likeness (QED) is 0.238. The number of pyridine rings is 1. The molecule has 8 aromatic rings. The van der Waals surface area contributed by atoms with Gasteiger partial charge in [0.1, 0.15) is 11.2 Å². The van der Waals surface area contributed by atoms with Crippen molar-refractivity contribution in [2.45, 2.75) is 0 Å². The van der Waals surface area contributed by atoms with Gasteiger partial charge in [-0.2, -0.15) is 0 Å². The molecule has 0 saturated heterocycles. The Hall–Kier alpha value is -5.55. The van der Waals surface area contributed by atoms with Gasteiger partial charge in [-0.25, -0.2) is 15.0 Å². The van der Waals surface area contributed by atoms with E-state index in [4.69, 9.17) is 15.0 Å². The zero-order valence-electron chi connectivity index (χ0n) is 21.5. The van der Waals surface area contributed by atoms with Crippen LogP contribution >= 0.6 is 0 Å². The zero-order chi connectivity index (χ0) is 26.5. The van der Waals surface area contributed by atoms with E-state index in [0.717, 1.165) is 61.5 Å². The van der Waals surface area contributed by atoms with Gasteiger partial charge >= 0.3 is 0 Å². The average molecular weight is 514 g/mol. The lowest BCUT2D eigenvalue weighted by Crippen LogP contribution is -1.98. The summed E-state index contributed by atoms with van der Waals surface area (Å²) in [6.07, 6.45) is 2.07. The van der Waals surface area contributed by atoms with Gasteiger partial charge in [-0.1, -0.05) is 84.9 Å². The summed E-state index contributed by atoms with van der Waals surface area (Å²) in [7, 11) is 0. The lowest BCUT2D eigenvalue weighted by molar-refractivity contribution is 1.09. The molecule has 5 heteroatoms. The molecule has 0 bridgehead atoms. The Labute approximate surface area is 230 Å². The maximum Gasteiger partial charge on any atom is 0.160 e. The first-order valence-corrected chi connectivity index (χ1v) is 13.3. The molecule has 0 aliphatic heterocycles. The van der Waals surface area contributed by atoms with Crippen molar-refractivity contribution in [3.8, 4) is 39.6 Å².